The highest BCUT2D eigenvalue weighted by molar-refractivity contribution is 5.35. The minimum absolute atomic E-state index is 0.506. The first-order valence-electron chi connectivity index (χ1n) is 4.77. The normalized spacial score (nSPS) is 24.1. The molecule has 1 saturated carbocycles. The van der Waals surface area contributed by atoms with Crippen LogP contribution in [-0.2, 0) is 0 Å². The lowest BCUT2D eigenvalue weighted by atomic mass is 10.0. The van der Waals surface area contributed by atoms with Crippen LogP contribution in [0.3, 0.4) is 0 Å². The van der Waals surface area contributed by atoms with Crippen molar-refractivity contribution >= 4 is 0 Å². The molecule has 0 aromatic heterocycles. The molecule has 0 N–H and O–H groups in total. The third-order valence-corrected chi connectivity index (χ3v) is 3.01. The molecule has 0 radical (unpaired) electrons. The molecule has 0 aliphatic heterocycles. The minimum atomic E-state index is 0.506. The molecule has 1 heteroatoms. The summed E-state index contributed by atoms with van der Waals surface area (Å²) in [5, 5.41) is 0. The lowest BCUT2D eigenvalue weighted by Crippen LogP contribution is -1.90. The summed E-state index contributed by atoms with van der Waals surface area (Å²) in [4.78, 5) is 0. The van der Waals surface area contributed by atoms with Crippen molar-refractivity contribution in [3.63, 3.8) is 0 Å². The highest BCUT2D eigenvalue weighted by Crippen LogP contribution is 2.58. The fourth-order valence-corrected chi connectivity index (χ4v) is 1.89. The third kappa shape index (κ3) is 1.55. The topological polar surface area (TPSA) is 9.23 Å². The maximum atomic E-state index is 5.20. The highest BCUT2D eigenvalue weighted by Gasteiger charge is 2.46. The van der Waals surface area contributed by atoms with E-state index in [2.05, 4.69) is 32.0 Å². The zero-order valence-electron chi connectivity index (χ0n) is 8.50. The number of rotatable bonds is 2. The second-order valence-electron chi connectivity index (χ2n) is 4.52. The molecule has 0 amide bonds. The summed E-state index contributed by atoms with van der Waals surface area (Å²) < 4.78 is 5.20. The Morgan fingerprint density at radius 2 is 2.08 bits per heavy atom. The molecular formula is C12H16O. The van der Waals surface area contributed by atoms with E-state index in [4.69, 9.17) is 4.74 Å². The van der Waals surface area contributed by atoms with Crippen LogP contribution in [0.4, 0.5) is 0 Å². The molecule has 2 rings (SSSR count). The van der Waals surface area contributed by atoms with Gasteiger partial charge in [0.1, 0.15) is 5.75 Å². The summed E-state index contributed by atoms with van der Waals surface area (Å²) in [6, 6.07) is 8.42. The van der Waals surface area contributed by atoms with Gasteiger partial charge in [0, 0.05) is 0 Å². The quantitative estimate of drug-likeness (QED) is 0.672. The molecule has 1 nitrogen and oxygen atoms in total. The van der Waals surface area contributed by atoms with Gasteiger partial charge in [0.05, 0.1) is 7.11 Å². The van der Waals surface area contributed by atoms with Crippen LogP contribution in [0, 0.1) is 5.41 Å². The summed E-state index contributed by atoms with van der Waals surface area (Å²) in [6.07, 6.45) is 1.31. The van der Waals surface area contributed by atoms with Gasteiger partial charge in [-0.3, -0.25) is 0 Å². The van der Waals surface area contributed by atoms with E-state index in [0.29, 0.717) is 5.41 Å². The van der Waals surface area contributed by atoms with Crippen molar-refractivity contribution in [1.82, 2.24) is 0 Å². The predicted octanol–water partition coefficient (Wildman–Crippen LogP) is 3.21. The van der Waals surface area contributed by atoms with E-state index < -0.39 is 0 Å². The second kappa shape index (κ2) is 2.76. The lowest BCUT2D eigenvalue weighted by Gasteiger charge is -2.05. The van der Waals surface area contributed by atoms with Gasteiger partial charge in [-0.05, 0) is 35.4 Å². The van der Waals surface area contributed by atoms with E-state index in [-0.39, 0.29) is 0 Å². The number of hydrogen-bond donors (Lipinski definition) is 0. The van der Waals surface area contributed by atoms with Gasteiger partial charge in [-0.2, -0.15) is 0 Å². The molecule has 1 aliphatic carbocycles. The lowest BCUT2D eigenvalue weighted by molar-refractivity contribution is 0.414. The molecule has 13 heavy (non-hydrogen) atoms. The maximum Gasteiger partial charge on any atom is 0.119 e. The minimum Gasteiger partial charge on any atom is -0.497 e. The third-order valence-electron chi connectivity index (χ3n) is 3.01. The Labute approximate surface area is 79.7 Å². The number of ether oxygens (including phenoxy) is 1. The summed E-state index contributed by atoms with van der Waals surface area (Å²) in [6.45, 7) is 4.63. The molecule has 0 heterocycles. The van der Waals surface area contributed by atoms with Gasteiger partial charge < -0.3 is 4.74 Å². The zero-order valence-corrected chi connectivity index (χ0v) is 8.50. The fraction of sp³-hybridized carbons (Fsp3) is 0.500. The van der Waals surface area contributed by atoms with Crippen LogP contribution in [0.15, 0.2) is 24.3 Å². The van der Waals surface area contributed by atoms with Crippen molar-refractivity contribution in [3.05, 3.63) is 29.8 Å². The summed E-state index contributed by atoms with van der Waals surface area (Å²) in [7, 11) is 1.72. The largest absolute Gasteiger partial charge is 0.497 e. The summed E-state index contributed by atoms with van der Waals surface area (Å²) in [5.41, 5.74) is 1.93. The summed E-state index contributed by atoms with van der Waals surface area (Å²) in [5.74, 6) is 1.71. The fourth-order valence-electron chi connectivity index (χ4n) is 1.89. The Morgan fingerprint density at radius 3 is 2.62 bits per heavy atom. The second-order valence-corrected chi connectivity index (χ2v) is 4.52. The van der Waals surface area contributed by atoms with Crippen LogP contribution in [0.5, 0.6) is 5.75 Å². The van der Waals surface area contributed by atoms with Gasteiger partial charge in [-0.1, -0.05) is 26.0 Å². The monoisotopic (exact) mass is 176 g/mol. The highest BCUT2D eigenvalue weighted by atomic mass is 16.5. The molecule has 1 aliphatic rings. The Hall–Kier alpha value is -0.980. The molecule has 1 fully saturated rings. The van der Waals surface area contributed by atoms with Gasteiger partial charge >= 0.3 is 0 Å². The van der Waals surface area contributed by atoms with Crippen molar-refractivity contribution in [2.45, 2.75) is 26.2 Å². The SMILES string of the molecule is COc1cccc(C2CC2(C)C)c1. The van der Waals surface area contributed by atoms with E-state index in [1.54, 1.807) is 7.11 Å². The average molecular weight is 176 g/mol. The molecule has 1 aromatic carbocycles. The van der Waals surface area contributed by atoms with E-state index in [9.17, 15) is 0 Å². The average Bonchev–Trinajstić information content (AvgIpc) is 2.76. The predicted molar refractivity (Wildman–Crippen MR) is 54.1 cm³/mol. The van der Waals surface area contributed by atoms with Gasteiger partial charge in [-0.25, -0.2) is 0 Å². The van der Waals surface area contributed by atoms with E-state index in [1.807, 2.05) is 6.07 Å². The van der Waals surface area contributed by atoms with Crippen LogP contribution >= 0.6 is 0 Å². The van der Waals surface area contributed by atoms with Crippen LogP contribution < -0.4 is 4.74 Å². The van der Waals surface area contributed by atoms with Gasteiger partial charge in [0.2, 0.25) is 0 Å². The van der Waals surface area contributed by atoms with Crippen molar-refractivity contribution in [3.8, 4) is 5.75 Å². The molecule has 1 aromatic rings. The van der Waals surface area contributed by atoms with Crippen molar-refractivity contribution in [2.75, 3.05) is 7.11 Å². The van der Waals surface area contributed by atoms with Crippen LogP contribution in [-0.4, -0.2) is 7.11 Å². The van der Waals surface area contributed by atoms with Crippen molar-refractivity contribution in [2.24, 2.45) is 5.41 Å². The van der Waals surface area contributed by atoms with Gasteiger partial charge in [0.15, 0.2) is 0 Å². The van der Waals surface area contributed by atoms with Gasteiger partial charge in [0.25, 0.3) is 0 Å². The Bertz CT molecular complexity index is 315. The van der Waals surface area contributed by atoms with E-state index in [1.165, 1.54) is 12.0 Å². The van der Waals surface area contributed by atoms with Gasteiger partial charge in [-0.15, -0.1) is 0 Å². The Balaban J connectivity index is 2.23. The Kier molecular flexibility index (Phi) is 1.83. The molecule has 0 bridgehead atoms. The first-order chi connectivity index (χ1) is 6.13. The first kappa shape index (κ1) is 8.61. The molecule has 0 saturated heterocycles. The van der Waals surface area contributed by atoms with Crippen LogP contribution in [0.2, 0.25) is 0 Å². The zero-order chi connectivity index (χ0) is 9.47. The number of benzene rings is 1. The first-order valence-corrected chi connectivity index (χ1v) is 4.77. The standard InChI is InChI=1S/C12H16O/c1-12(2)8-11(12)9-5-4-6-10(7-9)13-3/h4-7,11H,8H2,1-3H3. The van der Waals surface area contributed by atoms with Crippen LogP contribution in [0.1, 0.15) is 31.7 Å². The smallest absolute Gasteiger partial charge is 0.119 e. The van der Waals surface area contributed by atoms with Crippen LogP contribution in [0.25, 0.3) is 0 Å². The maximum absolute atomic E-state index is 5.20. The summed E-state index contributed by atoms with van der Waals surface area (Å²) >= 11 is 0. The number of hydrogen-bond acceptors (Lipinski definition) is 1. The molecule has 0 spiro atoms. The van der Waals surface area contributed by atoms with Crippen molar-refractivity contribution in [1.29, 1.82) is 0 Å². The molecule has 1 unspecified atom stereocenters. The van der Waals surface area contributed by atoms with E-state index >= 15 is 0 Å². The molecule has 70 valence electrons. The van der Waals surface area contributed by atoms with E-state index in [0.717, 1.165) is 11.7 Å². The molecule has 1 atom stereocenters. The molecular weight excluding hydrogens is 160 g/mol. The Morgan fingerprint density at radius 1 is 1.38 bits per heavy atom. The number of methoxy groups -OCH3 is 1. The van der Waals surface area contributed by atoms with Crippen molar-refractivity contribution < 1.29 is 4.74 Å².